The van der Waals surface area contributed by atoms with E-state index in [1.165, 1.54) is 24.0 Å². The number of nitrogens with zero attached hydrogens (tertiary/aromatic N) is 2. The van der Waals surface area contributed by atoms with Crippen molar-refractivity contribution in [3.8, 4) is 39.3 Å². The molecule has 0 spiro atoms. The zero-order chi connectivity index (χ0) is 36.5. The lowest BCUT2D eigenvalue weighted by atomic mass is 9.96. The molecule has 0 bridgehead atoms. The first-order chi connectivity index (χ1) is 24.6. The van der Waals surface area contributed by atoms with Gasteiger partial charge in [-0.3, -0.25) is 25.1 Å². The molecule has 0 aliphatic carbocycles. The molecule has 3 N–H and O–H groups in total. The van der Waals surface area contributed by atoms with Gasteiger partial charge >= 0.3 is 0 Å². The highest BCUT2D eigenvalue weighted by Gasteiger charge is 2.24. The Morgan fingerprint density at radius 2 is 1.18 bits per heavy atom. The van der Waals surface area contributed by atoms with Crippen LogP contribution in [0.25, 0.3) is 39.0 Å². The van der Waals surface area contributed by atoms with Crippen molar-refractivity contribution in [1.29, 1.82) is 0 Å². The molecule has 264 valence electrons. The Morgan fingerprint density at radius 3 is 1.65 bits per heavy atom. The third-order valence-corrected chi connectivity index (χ3v) is 9.45. The van der Waals surface area contributed by atoms with Gasteiger partial charge in [-0.1, -0.05) is 83.9 Å². The van der Waals surface area contributed by atoms with E-state index in [0.717, 1.165) is 64.9 Å². The predicted octanol–water partition coefficient (Wildman–Crippen LogP) is 7.93. The van der Waals surface area contributed by atoms with E-state index in [1.54, 1.807) is 21.4 Å². The number of fused-ring (bicyclic) bond motifs is 1. The van der Waals surface area contributed by atoms with Gasteiger partial charge in [0.15, 0.2) is 0 Å². The van der Waals surface area contributed by atoms with E-state index in [9.17, 15) is 19.5 Å². The van der Waals surface area contributed by atoms with Gasteiger partial charge in [0, 0.05) is 31.7 Å². The average molecular weight is 705 g/mol. The molecular weight excluding hydrogens is 660 g/mol. The molecule has 9 heteroatoms. The normalized spacial score (nSPS) is 13.4. The number of benzene rings is 4. The van der Waals surface area contributed by atoms with E-state index >= 15 is 0 Å². The number of allylic oxidation sites excluding steroid dienone is 1. The van der Waals surface area contributed by atoms with E-state index in [-0.39, 0.29) is 17.0 Å². The second kappa shape index (κ2) is 17.3. The first kappa shape index (κ1) is 37.3. The number of aromatic nitrogens is 2. The maximum Gasteiger partial charge on any atom is 0.278 e. The molecule has 4 aromatic carbocycles. The third-order valence-electron chi connectivity index (χ3n) is 9.26. The fourth-order valence-electron chi connectivity index (χ4n) is 6.22. The van der Waals surface area contributed by atoms with Crippen LogP contribution in [-0.2, 0) is 22.7 Å². The van der Waals surface area contributed by atoms with Crippen LogP contribution in [0.2, 0.25) is 0 Å². The van der Waals surface area contributed by atoms with Crippen LogP contribution in [0.15, 0.2) is 89.7 Å². The van der Waals surface area contributed by atoms with Gasteiger partial charge < -0.3 is 5.11 Å². The fraction of sp³-hybridized carbons (Fsp3) is 0.286. The summed E-state index contributed by atoms with van der Waals surface area (Å²) in [5.41, 5.74) is 15.9. The van der Waals surface area contributed by atoms with Crippen LogP contribution in [0, 0.1) is 27.7 Å². The van der Waals surface area contributed by atoms with Crippen LogP contribution in [0.5, 0.6) is 5.88 Å². The van der Waals surface area contributed by atoms with Crippen LogP contribution < -0.4 is 16.4 Å². The topological polar surface area (TPSA) is 105 Å². The summed E-state index contributed by atoms with van der Waals surface area (Å²) in [4.78, 5) is 35.1. The van der Waals surface area contributed by atoms with Crippen LogP contribution in [0.1, 0.15) is 53.5 Å². The van der Waals surface area contributed by atoms with E-state index in [4.69, 9.17) is 11.6 Å². The average Bonchev–Trinajstić information content (AvgIpc) is 3.40. The molecule has 8 nitrogen and oxygen atoms in total. The molecular formula is C42H45ClN4O4. The number of carbonyl (C=O) groups is 1. The molecule has 7 rings (SSSR count). The van der Waals surface area contributed by atoms with Crippen LogP contribution in [0.4, 0.5) is 0 Å². The Labute approximate surface area is 304 Å². The SMILES string of the molecule is C1CCNNC1.Cc1ccc(-c2ccc(C)c(-c3c(O)n4n(c3=O)CCCC4)c2)cc1.Cc1ccc(-c2ccc(C)c(C(=C=O)C(=O)Cl)c2)cc1. The first-order valence-electron chi connectivity index (χ1n) is 17.4. The first-order valence-corrected chi connectivity index (χ1v) is 17.8. The number of carbonyl (C=O) groups excluding carboxylic acids is 2. The second-order valence-electron chi connectivity index (χ2n) is 13.1. The summed E-state index contributed by atoms with van der Waals surface area (Å²) in [5.74, 6) is 1.72. The van der Waals surface area contributed by atoms with Gasteiger partial charge in [0.1, 0.15) is 17.1 Å². The molecule has 0 atom stereocenters. The zero-order valence-corrected chi connectivity index (χ0v) is 30.4. The van der Waals surface area contributed by atoms with Gasteiger partial charge in [0.05, 0.1) is 0 Å². The van der Waals surface area contributed by atoms with Gasteiger partial charge in [-0.15, -0.1) is 0 Å². The molecule has 2 aliphatic rings. The van der Waals surface area contributed by atoms with Crippen molar-refractivity contribution in [3.05, 3.63) is 123 Å². The monoisotopic (exact) mass is 704 g/mol. The molecule has 51 heavy (non-hydrogen) atoms. The van der Waals surface area contributed by atoms with Crippen LogP contribution >= 0.6 is 11.6 Å². The highest BCUT2D eigenvalue weighted by Crippen LogP contribution is 2.34. The maximum absolute atomic E-state index is 12.9. The molecule has 5 aromatic rings. The third kappa shape index (κ3) is 9.04. The molecule has 0 saturated carbocycles. The largest absolute Gasteiger partial charge is 0.493 e. The smallest absolute Gasteiger partial charge is 0.278 e. The Bertz CT molecular complexity index is 2090. The molecule has 0 amide bonds. The molecule has 3 heterocycles. The van der Waals surface area contributed by atoms with Gasteiger partial charge in [0.2, 0.25) is 5.88 Å². The summed E-state index contributed by atoms with van der Waals surface area (Å²) >= 11 is 5.43. The lowest BCUT2D eigenvalue weighted by Gasteiger charge is -2.16. The fourth-order valence-corrected chi connectivity index (χ4v) is 6.36. The Hall–Kier alpha value is -4.98. The number of aromatic hydroxyl groups is 1. The lowest BCUT2D eigenvalue weighted by molar-refractivity contribution is -0.106. The van der Waals surface area contributed by atoms with Gasteiger partial charge in [0.25, 0.3) is 10.8 Å². The Morgan fingerprint density at radius 1 is 0.686 bits per heavy atom. The molecule has 0 unspecified atom stereocenters. The quantitative estimate of drug-likeness (QED) is 0.0976. The van der Waals surface area contributed by atoms with E-state index in [1.807, 2.05) is 69.3 Å². The van der Waals surface area contributed by atoms with Gasteiger partial charge in [-0.25, -0.2) is 9.48 Å². The number of halogens is 1. The highest BCUT2D eigenvalue weighted by molar-refractivity contribution is 6.75. The minimum atomic E-state index is -0.788. The summed E-state index contributed by atoms with van der Waals surface area (Å²) in [6, 6.07) is 28.1. The van der Waals surface area contributed by atoms with Crippen LogP contribution in [-0.4, -0.2) is 38.7 Å². The van der Waals surface area contributed by atoms with Crippen molar-refractivity contribution < 1.29 is 14.7 Å². The van der Waals surface area contributed by atoms with E-state index < -0.39 is 5.24 Å². The molecule has 2 aliphatic heterocycles. The van der Waals surface area contributed by atoms with Crippen molar-refractivity contribution >= 4 is 28.4 Å². The summed E-state index contributed by atoms with van der Waals surface area (Å²) in [6.45, 7) is 11.5. The second-order valence-corrected chi connectivity index (χ2v) is 13.4. The summed E-state index contributed by atoms with van der Waals surface area (Å²) in [7, 11) is 0. The van der Waals surface area contributed by atoms with Crippen molar-refractivity contribution in [2.45, 2.75) is 66.5 Å². The van der Waals surface area contributed by atoms with E-state index in [2.05, 4.69) is 48.1 Å². The maximum atomic E-state index is 12.9. The van der Waals surface area contributed by atoms with Gasteiger partial charge in [-0.2, -0.15) is 0 Å². The molecule has 1 aromatic heterocycles. The van der Waals surface area contributed by atoms with Crippen molar-refractivity contribution in [1.82, 2.24) is 20.2 Å². The Balaban J connectivity index is 0.000000173. The Kier molecular flexibility index (Phi) is 12.6. The number of aryl methyl sites for hydroxylation is 4. The van der Waals surface area contributed by atoms with Crippen molar-refractivity contribution in [2.24, 2.45) is 0 Å². The molecule has 0 radical (unpaired) electrons. The number of hydrogen-bond donors (Lipinski definition) is 3. The molecule has 1 saturated heterocycles. The highest BCUT2D eigenvalue weighted by atomic mass is 35.5. The standard InChI is InChI=1S/C21H22N2O2.C17H13ClO2.C4H10N2/c1-14-5-8-16(9-6-14)17-10-7-15(2)18(13-17)19-20(24)22-11-3-4-12-23(22)21(19)25;1-11-3-6-13(7-4-11)14-8-5-12(2)15(9-14)16(10-19)17(18)20;1-2-4-6-5-3-1/h5-10,13,24H,3-4,11-12H2,1-2H3;3-9H,1-2H3;5-6H,1-4H2. The molecule has 1 fully saturated rings. The van der Waals surface area contributed by atoms with E-state index in [0.29, 0.717) is 24.2 Å². The minimum absolute atomic E-state index is 0.0915. The van der Waals surface area contributed by atoms with Crippen molar-refractivity contribution in [3.63, 3.8) is 0 Å². The predicted molar refractivity (Wildman–Crippen MR) is 206 cm³/mol. The van der Waals surface area contributed by atoms with Crippen molar-refractivity contribution in [2.75, 3.05) is 13.1 Å². The number of hydrazine groups is 1. The summed E-state index contributed by atoms with van der Waals surface area (Å²) in [5, 5.41) is 9.89. The van der Waals surface area contributed by atoms with Gasteiger partial charge in [-0.05, 0) is 116 Å². The minimum Gasteiger partial charge on any atom is -0.493 e. The number of hydrogen-bond acceptors (Lipinski definition) is 6. The lowest BCUT2D eigenvalue weighted by Crippen LogP contribution is -2.37. The number of rotatable bonds is 5. The number of nitrogens with one attached hydrogen (secondary N) is 2. The zero-order valence-electron chi connectivity index (χ0n) is 29.7. The van der Waals surface area contributed by atoms with Crippen LogP contribution in [0.3, 0.4) is 0 Å². The summed E-state index contributed by atoms with van der Waals surface area (Å²) < 4.78 is 3.39. The summed E-state index contributed by atoms with van der Waals surface area (Å²) in [6.07, 6.45) is 4.62.